The molecule has 0 radical (unpaired) electrons. The van der Waals surface area contributed by atoms with E-state index in [0.29, 0.717) is 37.2 Å². The first-order chi connectivity index (χ1) is 14.5. The number of terminal acetylenes is 1. The quantitative estimate of drug-likeness (QED) is 0.435. The molecule has 0 heterocycles. The Labute approximate surface area is 190 Å². The van der Waals surface area contributed by atoms with Crippen molar-refractivity contribution in [2.75, 3.05) is 6.61 Å². The monoisotopic (exact) mass is 442 g/mol. The molecule has 0 spiro atoms. The molecule has 0 aliphatic heterocycles. The van der Waals surface area contributed by atoms with Crippen LogP contribution >= 0.6 is 0 Å². The molecule has 7 atom stereocenters. The van der Waals surface area contributed by atoms with Gasteiger partial charge < -0.3 is 14.9 Å². The predicted molar refractivity (Wildman–Crippen MR) is 129 cm³/mol. The zero-order valence-electron chi connectivity index (χ0n) is 20.2. The second kappa shape index (κ2) is 7.78. The van der Waals surface area contributed by atoms with Crippen LogP contribution in [0.5, 0.6) is 0 Å². The number of rotatable bonds is 5. The molecule has 5 unspecified atom stereocenters. The van der Waals surface area contributed by atoms with Crippen molar-refractivity contribution in [1.29, 1.82) is 0 Å². The molecule has 0 aromatic carbocycles. The molecule has 2 N–H and O–H groups in total. The molecule has 0 amide bonds. The lowest BCUT2D eigenvalue weighted by atomic mass is 9.46. The molecule has 172 valence electrons. The van der Waals surface area contributed by atoms with Crippen LogP contribution < -0.4 is 0 Å². The average molecular weight is 443 g/mol. The third-order valence-electron chi connectivity index (χ3n) is 9.12. The normalized spacial score (nSPS) is 44.3. The van der Waals surface area contributed by atoms with Crippen molar-refractivity contribution in [2.24, 2.45) is 29.1 Å². The van der Waals surface area contributed by atoms with Crippen molar-refractivity contribution in [3.05, 3.63) is 23.5 Å². The van der Waals surface area contributed by atoms with Crippen LogP contribution in [0.25, 0.3) is 0 Å². The average Bonchev–Trinajstić information content (AvgIpc) is 2.99. The highest BCUT2D eigenvalue weighted by molar-refractivity contribution is 6.76. The molecule has 4 rings (SSSR count). The molecule has 31 heavy (non-hydrogen) atoms. The Morgan fingerprint density at radius 3 is 2.58 bits per heavy atom. The van der Waals surface area contributed by atoms with E-state index in [9.17, 15) is 10.2 Å². The summed E-state index contributed by atoms with van der Waals surface area (Å²) in [5.41, 5.74) is -0.857. The maximum Gasteiger partial charge on any atom is 0.131 e. The Balaban J connectivity index is 1.81. The van der Waals surface area contributed by atoms with Gasteiger partial charge in [0.25, 0.3) is 0 Å². The van der Waals surface area contributed by atoms with Gasteiger partial charge in [-0.2, -0.15) is 0 Å². The second-order valence-corrected chi connectivity index (χ2v) is 17.5. The van der Waals surface area contributed by atoms with E-state index in [1.807, 2.05) is 6.92 Å². The van der Waals surface area contributed by atoms with Crippen LogP contribution in [0.1, 0.15) is 58.8 Å². The van der Waals surface area contributed by atoms with Gasteiger partial charge >= 0.3 is 0 Å². The van der Waals surface area contributed by atoms with E-state index < -0.39 is 19.3 Å². The Morgan fingerprint density at radius 1 is 1.23 bits per heavy atom. The SMILES string of the molecule is C#C[C@]1(O)CCC2C3CC=C4C=C(OCC)CCC4C3C(O)(C[Si](C)(C)C)C[C@@]21CC. The van der Waals surface area contributed by atoms with E-state index >= 15 is 0 Å². The van der Waals surface area contributed by atoms with Gasteiger partial charge in [0.1, 0.15) is 5.60 Å². The van der Waals surface area contributed by atoms with Crippen molar-refractivity contribution >= 4 is 8.07 Å². The van der Waals surface area contributed by atoms with Gasteiger partial charge in [-0.05, 0) is 86.8 Å². The summed E-state index contributed by atoms with van der Waals surface area (Å²) in [6.07, 6.45) is 16.8. The standard InChI is InChI=1S/C27H42O3Si/c1-7-25-17-26(28,18-31(4,5)6)24-21-13-11-20(30-9-3)16-19(21)10-12-22(24)23(25)14-15-27(25,29)8-2/h2,10,16,21-24,28-29H,7,9,11-15,17-18H2,1,3-6H3/t21?,22?,23?,24?,25-,26?,27-/m0/s1. The molecule has 0 aromatic rings. The van der Waals surface area contributed by atoms with Crippen LogP contribution in [0.15, 0.2) is 23.5 Å². The lowest BCUT2D eigenvalue weighted by Gasteiger charge is -2.62. The summed E-state index contributed by atoms with van der Waals surface area (Å²) in [6, 6.07) is 0.877. The fourth-order valence-electron chi connectivity index (χ4n) is 8.39. The minimum absolute atomic E-state index is 0.253. The molecule has 0 bridgehead atoms. The van der Waals surface area contributed by atoms with E-state index in [-0.39, 0.29) is 11.3 Å². The smallest absolute Gasteiger partial charge is 0.131 e. The van der Waals surface area contributed by atoms with Crippen LogP contribution in [0.3, 0.4) is 0 Å². The van der Waals surface area contributed by atoms with E-state index in [1.54, 1.807) is 0 Å². The first kappa shape index (κ1) is 23.1. The fraction of sp³-hybridized carbons (Fsp3) is 0.778. The highest BCUT2D eigenvalue weighted by atomic mass is 28.3. The van der Waals surface area contributed by atoms with Crippen LogP contribution in [-0.2, 0) is 4.74 Å². The Hall–Kier alpha value is -1.02. The lowest BCUT2D eigenvalue weighted by Crippen LogP contribution is -2.64. The van der Waals surface area contributed by atoms with Crippen molar-refractivity contribution in [3.8, 4) is 12.3 Å². The number of fused-ring (bicyclic) bond motifs is 5. The first-order valence-corrected chi connectivity index (χ1v) is 16.2. The van der Waals surface area contributed by atoms with Gasteiger partial charge in [0.2, 0.25) is 0 Å². The molecule has 4 aliphatic rings. The van der Waals surface area contributed by atoms with Crippen molar-refractivity contribution in [2.45, 2.75) is 95.7 Å². The van der Waals surface area contributed by atoms with E-state index in [1.165, 1.54) is 5.57 Å². The molecule has 4 aliphatic carbocycles. The van der Waals surface area contributed by atoms with E-state index in [2.05, 4.69) is 44.6 Å². The molecule has 2 fully saturated rings. The summed E-state index contributed by atoms with van der Waals surface area (Å²) in [6.45, 7) is 12.0. The van der Waals surface area contributed by atoms with E-state index in [0.717, 1.165) is 43.9 Å². The molecule has 0 aromatic heterocycles. The van der Waals surface area contributed by atoms with Crippen LogP contribution in [0.4, 0.5) is 0 Å². The van der Waals surface area contributed by atoms with Gasteiger partial charge in [0.15, 0.2) is 0 Å². The lowest BCUT2D eigenvalue weighted by molar-refractivity contribution is -0.187. The van der Waals surface area contributed by atoms with E-state index in [4.69, 9.17) is 11.2 Å². The fourth-order valence-corrected chi connectivity index (χ4v) is 10.6. The number of allylic oxidation sites excluding steroid dienone is 4. The second-order valence-electron chi connectivity index (χ2n) is 12.0. The van der Waals surface area contributed by atoms with Crippen molar-refractivity contribution in [1.82, 2.24) is 0 Å². The van der Waals surface area contributed by atoms with Gasteiger partial charge in [-0.25, -0.2) is 0 Å². The van der Waals surface area contributed by atoms with Gasteiger partial charge in [0.05, 0.1) is 18.0 Å². The Kier molecular flexibility index (Phi) is 5.81. The van der Waals surface area contributed by atoms with Gasteiger partial charge in [0, 0.05) is 19.9 Å². The zero-order chi connectivity index (χ0) is 22.7. The van der Waals surface area contributed by atoms with Crippen molar-refractivity contribution < 1.29 is 14.9 Å². The summed E-state index contributed by atoms with van der Waals surface area (Å²) in [5.74, 6) is 5.34. The summed E-state index contributed by atoms with van der Waals surface area (Å²) >= 11 is 0. The zero-order valence-corrected chi connectivity index (χ0v) is 21.2. The minimum Gasteiger partial charge on any atom is -0.498 e. The maximum atomic E-state index is 12.6. The third-order valence-corrected chi connectivity index (χ3v) is 10.8. The number of aliphatic hydroxyl groups is 2. The van der Waals surface area contributed by atoms with Gasteiger partial charge in [-0.15, -0.1) is 6.42 Å². The summed E-state index contributed by atoms with van der Waals surface area (Å²) in [5, 5.41) is 24.2. The highest BCUT2D eigenvalue weighted by Gasteiger charge is 2.69. The number of hydrogen-bond donors (Lipinski definition) is 2. The largest absolute Gasteiger partial charge is 0.498 e. The van der Waals surface area contributed by atoms with Crippen molar-refractivity contribution in [3.63, 3.8) is 0 Å². The summed E-state index contributed by atoms with van der Waals surface area (Å²) in [4.78, 5) is 0. The molecule has 0 saturated heterocycles. The third kappa shape index (κ3) is 3.56. The minimum atomic E-state index is -1.57. The Bertz CT molecular complexity index is 817. The number of ether oxygens (including phenoxy) is 1. The molecule has 2 saturated carbocycles. The molecular weight excluding hydrogens is 400 g/mol. The van der Waals surface area contributed by atoms with Gasteiger partial charge in [-0.3, -0.25) is 0 Å². The topological polar surface area (TPSA) is 49.7 Å². The van der Waals surface area contributed by atoms with Gasteiger partial charge in [-0.1, -0.05) is 38.6 Å². The summed E-state index contributed by atoms with van der Waals surface area (Å²) in [7, 11) is -1.57. The molecular formula is C27H42O3Si. The molecule has 3 nitrogen and oxygen atoms in total. The maximum absolute atomic E-state index is 12.6. The first-order valence-electron chi connectivity index (χ1n) is 12.5. The Morgan fingerprint density at radius 2 is 1.97 bits per heavy atom. The van der Waals surface area contributed by atoms with Crippen LogP contribution in [-0.4, -0.2) is 36.1 Å². The predicted octanol–water partition coefficient (Wildman–Crippen LogP) is 5.52. The summed E-state index contributed by atoms with van der Waals surface area (Å²) < 4.78 is 5.85. The van der Waals surface area contributed by atoms with Crippen LogP contribution in [0.2, 0.25) is 25.7 Å². The van der Waals surface area contributed by atoms with Crippen LogP contribution in [0, 0.1) is 41.4 Å². The molecule has 4 heteroatoms. The number of hydrogen-bond acceptors (Lipinski definition) is 3. The highest BCUT2D eigenvalue weighted by Crippen LogP contribution is 2.69.